The Morgan fingerprint density at radius 1 is 1.00 bits per heavy atom. The average Bonchev–Trinajstić information content (AvgIpc) is 2.42. The third-order valence-electron chi connectivity index (χ3n) is 3.41. The summed E-state index contributed by atoms with van der Waals surface area (Å²) in [6.45, 7) is 4.35. The van der Waals surface area contributed by atoms with Crippen LogP contribution in [0.5, 0.6) is 0 Å². The van der Waals surface area contributed by atoms with Crippen LogP contribution in [0.15, 0.2) is 24.3 Å². The molecule has 1 rings (SSSR count). The van der Waals surface area contributed by atoms with E-state index in [4.69, 9.17) is 0 Å². The molecular weight excluding hydrogens is 220 g/mol. The Kier molecular flexibility index (Phi) is 7.40. The standard InChI is InChI=1S/C17H26O/c1-3-5-6-7-8-9-13-17(18)16-12-10-11-15(4-2)14-16/h10-12,14H,3-9,13H2,1-2H3. The molecule has 1 heteroatoms. The highest BCUT2D eigenvalue weighted by atomic mass is 16.1. The minimum atomic E-state index is 0.306. The molecule has 0 saturated carbocycles. The molecule has 0 radical (unpaired) electrons. The molecule has 0 heterocycles. The predicted molar refractivity (Wildman–Crippen MR) is 78.1 cm³/mol. The lowest BCUT2D eigenvalue weighted by Crippen LogP contribution is -1.99. The summed E-state index contributed by atoms with van der Waals surface area (Å²) in [5.41, 5.74) is 2.15. The van der Waals surface area contributed by atoms with E-state index in [1.807, 2.05) is 18.2 Å². The first-order valence-corrected chi connectivity index (χ1v) is 7.40. The number of benzene rings is 1. The molecule has 0 aliphatic carbocycles. The van der Waals surface area contributed by atoms with Crippen LogP contribution in [0.3, 0.4) is 0 Å². The van der Waals surface area contributed by atoms with E-state index in [0.29, 0.717) is 12.2 Å². The van der Waals surface area contributed by atoms with Crippen molar-refractivity contribution >= 4 is 5.78 Å². The third-order valence-corrected chi connectivity index (χ3v) is 3.41. The zero-order valence-corrected chi connectivity index (χ0v) is 11.9. The first-order valence-electron chi connectivity index (χ1n) is 7.40. The van der Waals surface area contributed by atoms with E-state index in [0.717, 1.165) is 18.4 Å². The Morgan fingerprint density at radius 3 is 2.44 bits per heavy atom. The zero-order chi connectivity index (χ0) is 13.2. The summed E-state index contributed by atoms with van der Waals surface area (Å²) in [5.74, 6) is 0.306. The molecule has 100 valence electrons. The van der Waals surface area contributed by atoms with Crippen LogP contribution in [-0.4, -0.2) is 5.78 Å². The minimum absolute atomic E-state index is 0.306. The molecule has 1 nitrogen and oxygen atoms in total. The van der Waals surface area contributed by atoms with Crippen molar-refractivity contribution in [1.29, 1.82) is 0 Å². The number of ketones is 1. The molecule has 0 aromatic heterocycles. The van der Waals surface area contributed by atoms with Gasteiger partial charge < -0.3 is 0 Å². The molecule has 0 spiro atoms. The van der Waals surface area contributed by atoms with Gasteiger partial charge in [0.25, 0.3) is 0 Å². The Balaban J connectivity index is 2.27. The topological polar surface area (TPSA) is 17.1 Å². The lowest BCUT2D eigenvalue weighted by atomic mass is 10.0. The minimum Gasteiger partial charge on any atom is -0.294 e. The maximum absolute atomic E-state index is 12.0. The van der Waals surface area contributed by atoms with E-state index in [1.165, 1.54) is 37.7 Å². The van der Waals surface area contributed by atoms with Gasteiger partial charge in [0.1, 0.15) is 0 Å². The molecule has 1 aromatic carbocycles. The van der Waals surface area contributed by atoms with Crippen molar-refractivity contribution in [3.63, 3.8) is 0 Å². The highest BCUT2D eigenvalue weighted by molar-refractivity contribution is 5.96. The van der Waals surface area contributed by atoms with E-state index in [2.05, 4.69) is 19.9 Å². The van der Waals surface area contributed by atoms with Gasteiger partial charge in [-0.25, -0.2) is 0 Å². The van der Waals surface area contributed by atoms with E-state index in [-0.39, 0.29) is 0 Å². The molecule has 18 heavy (non-hydrogen) atoms. The molecular formula is C17H26O. The number of carbonyl (C=O) groups is 1. The summed E-state index contributed by atoms with van der Waals surface area (Å²) in [6, 6.07) is 8.06. The molecule has 1 aromatic rings. The Morgan fingerprint density at radius 2 is 1.72 bits per heavy atom. The third kappa shape index (κ3) is 5.48. The second kappa shape index (κ2) is 8.91. The normalized spacial score (nSPS) is 10.6. The van der Waals surface area contributed by atoms with Gasteiger partial charge in [-0.15, -0.1) is 0 Å². The Labute approximate surface area is 112 Å². The fourth-order valence-corrected chi connectivity index (χ4v) is 2.17. The van der Waals surface area contributed by atoms with E-state index >= 15 is 0 Å². The summed E-state index contributed by atoms with van der Waals surface area (Å²) < 4.78 is 0. The van der Waals surface area contributed by atoms with Crippen LogP contribution < -0.4 is 0 Å². The molecule has 0 saturated heterocycles. The highest BCUT2D eigenvalue weighted by Crippen LogP contribution is 2.12. The van der Waals surface area contributed by atoms with Crippen molar-refractivity contribution in [2.24, 2.45) is 0 Å². The summed E-state index contributed by atoms with van der Waals surface area (Å²) in [7, 11) is 0. The molecule has 0 fully saturated rings. The number of hydrogen-bond donors (Lipinski definition) is 0. The van der Waals surface area contributed by atoms with Gasteiger partial charge in [-0.05, 0) is 24.5 Å². The Hall–Kier alpha value is -1.11. The largest absolute Gasteiger partial charge is 0.294 e. The maximum atomic E-state index is 12.0. The van der Waals surface area contributed by atoms with Crippen molar-refractivity contribution in [2.45, 2.75) is 65.2 Å². The molecule has 0 unspecified atom stereocenters. The summed E-state index contributed by atoms with van der Waals surface area (Å²) in [5, 5.41) is 0. The van der Waals surface area contributed by atoms with Crippen molar-refractivity contribution in [1.82, 2.24) is 0 Å². The lowest BCUT2D eigenvalue weighted by Gasteiger charge is -2.03. The number of rotatable bonds is 9. The van der Waals surface area contributed by atoms with Crippen LogP contribution in [0.2, 0.25) is 0 Å². The van der Waals surface area contributed by atoms with E-state index < -0.39 is 0 Å². The number of carbonyl (C=O) groups excluding carboxylic acids is 1. The van der Waals surface area contributed by atoms with Gasteiger partial charge in [-0.3, -0.25) is 4.79 Å². The number of hydrogen-bond acceptors (Lipinski definition) is 1. The average molecular weight is 246 g/mol. The van der Waals surface area contributed by atoms with Crippen molar-refractivity contribution in [2.75, 3.05) is 0 Å². The molecule has 0 atom stereocenters. The second-order valence-electron chi connectivity index (χ2n) is 4.99. The number of aryl methyl sites for hydroxylation is 1. The van der Waals surface area contributed by atoms with Crippen LogP contribution in [-0.2, 0) is 6.42 Å². The maximum Gasteiger partial charge on any atom is 0.162 e. The van der Waals surface area contributed by atoms with Gasteiger partial charge in [0.15, 0.2) is 5.78 Å². The fraction of sp³-hybridized carbons (Fsp3) is 0.588. The van der Waals surface area contributed by atoms with Crippen LogP contribution in [0.1, 0.15) is 74.7 Å². The fourth-order valence-electron chi connectivity index (χ4n) is 2.17. The van der Waals surface area contributed by atoms with Gasteiger partial charge in [0.05, 0.1) is 0 Å². The van der Waals surface area contributed by atoms with E-state index in [1.54, 1.807) is 0 Å². The molecule has 0 aliphatic heterocycles. The first kappa shape index (κ1) is 14.9. The quantitative estimate of drug-likeness (QED) is 0.433. The SMILES string of the molecule is CCCCCCCCC(=O)c1cccc(CC)c1. The first-order chi connectivity index (χ1) is 8.77. The zero-order valence-electron chi connectivity index (χ0n) is 11.9. The van der Waals surface area contributed by atoms with Crippen LogP contribution in [0.4, 0.5) is 0 Å². The molecule has 0 N–H and O–H groups in total. The van der Waals surface area contributed by atoms with Crippen LogP contribution in [0.25, 0.3) is 0 Å². The molecule has 0 amide bonds. The number of unbranched alkanes of at least 4 members (excludes halogenated alkanes) is 5. The Bertz CT molecular complexity index is 354. The van der Waals surface area contributed by atoms with Crippen molar-refractivity contribution in [3.8, 4) is 0 Å². The van der Waals surface area contributed by atoms with Crippen LogP contribution in [0, 0.1) is 0 Å². The van der Waals surface area contributed by atoms with Gasteiger partial charge >= 0.3 is 0 Å². The second-order valence-corrected chi connectivity index (χ2v) is 4.99. The number of Topliss-reactive ketones (excluding diaryl/α,β-unsaturated/α-hetero) is 1. The predicted octanol–water partition coefficient (Wildman–Crippen LogP) is 5.18. The molecule has 0 bridgehead atoms. The summed E-state index contributed by atoms with van der Waals surface area (Å²) >= 11 is 0. The van der Waals surface area contributed by atoms with Crippen molar-refractivity contribution < 1.29 is 4.79 Å². The highest BCUT2D eigenvalue weighted by Gasteiger charge is 2.05. The summed E-state index contributed by atoms with van der Waals surface area (Å²) in [6.07, 6.45) is 9.14. The van der Waals surface area contributed by atoms with Crippen molar-refractivity contribution in [3.05, 3.63) is 35.4 Å². The van der Waals surface area contributed by atoms with Gasteiger partial charge in [-0.2, -0.15) is 0 Å². The van der Waals surface area contributed by atoms with E-state index in [9.17, 15) is 4.79 Å². The van der Waals surface area contributed by atoms with Crippen LogP contribution >= 0.6 is 0 Å². The smallest absolute Gasteiger partial charge is 0.162 e. The summed E-state index contributed by atoms with van der Waals surface area (Å²) in [4.78, 5) is 12.0. The van der Waals surface area contributed by atoms with Gasteiger partial charge in [-0.1, -0.05) is 64.2 Å². The molecule has 0 aliphatic rings. The van der Waals surface area contributed by atoms with Gasteiger partial charge in [0, 0.05) is 12.0 Å². The van der Waals surface area contributed by atoms with Gasteiger partial charge in [0.2, 0.25) is 0 Å². The monoisotopic (exact) mass is 246 g/mol. The lowest BCUT2D eigenvalue weighted by molar-refractivity contribution is 0.0979.